The van der Waals surface area contributed by atoms with Gasteiger partial charge in [0.1, 0.15) is 5.82 Å². The molecule has 0 radical (unpaired) electrons. The third-order valence-electron chi connectivity index (χ3n) is 5.66. The Bertz CT molecular complexity index is 1090. The van der Waals surface area contributed by atoms with Crippen LogP contribution in [0.1, 0.15) is 40.2 Å². The minimum absolute atomic E-state index is 0.0443. The van der Waals surface area contributed by atoms with Gasteiger partial charge in [-0.05, 0) is 51.4 Å². The van der Waals surface area contributed by atoms with Crippen molar-refractivity contribution in [3.05, 3.63) is 47.8 Å². The Morgan fingerprint density at radius 3 is 2.21 bits per heavy atom. The van der Waals surface area contributed by atoms with E-state index in [0.29, 0.717) is 11.0 Å². The first-order valence-corrected chi connectivity index (χ1v) is 11.0. The zero-order chi connectivity index (χ0) is 21.6. The maximum Gasteiger partial charge on any atom is 0.494 e. The van der Waals surface area contributed by atoms with Crippen molar-refractivity contribution in [1.82, 2.24) is 0 Å². The fraction of sp³-hybridized carbons (Fsp3) is 0.381. The number of nitrogens with zero attached hydrogens (tertiary/aromatic N) is 1. The lowest BCUT2D eigenvalue weighted by molar-refractivity contribution is 0.00578. The molecule has 2 aromatic carbocycles. The van der Waals surface area contributed by atoms with Gasteiger partial charge in [-0.25, -0.2) is 12.8 Å². The Morgan fingerprint density at radius 1 is 1.03 bits per heavy atom. The molecule has 0 aromatic heterocycles. The van der Waals surface area contributed by atoms with Crippen LogP contribution in [-0.2, 0) is 19.1 Å². The highest BCUT2D eigenvalue weighted by molar-refractivity contribution is 7.91. The first-order valence-electron chi connectivity index (χ1n) is 9.34. The van der Waals surface area contributed by atoms with Crippen LogP contribution in [0.3, 0.4) is 0 Å². The van der Waals surface area contributed by atoms with Gasteiger partial charge < -0.3 is 9.31 Å². The Kier molecular flexibility index (Phi) is 5.37. The highest BCUT2D eigenvalue weighted by atomic mass is 32.2. The molecule has 0 spiro atoms. The highest BCUT2D eigenvalue weighted by Crippen LogP contribution is 2.37. The van der Waals surface area contributed by atoms with E-state index in [4.69, 9.17) is 9.31 Å². The Hall–Kier alpha value is -2.21. The molecule has 29 heavy (non-hydrogen) atoms. The molecule has 0 aliphatic carbocycles. The summed E-state index contributed by atoms with van der Waals surface area (Å²) in [5.74, 6) is -0.601. The number of nitriles is 1. The molecular weight excluding hydrogens is 392 g/mol. The normalized spacial score (nSPS) is 17.9. The second kappa shape index (κ2) is 7.24. The molecular formula is C21H23BFNO4S. The van der Waals surface area contributed by atoms with Crippen molar-refractivity contribution < 1.29 is 22.1 Å². The third-order valence-corrected chi connectivity index (χ3v) is 7.39. The zero-order valence-electron chi connectivity index (χ0n) is 17.1. The molecule has 1 aliphatic rings. The van der Waals surface area contributed by atoms with Crippen molar-refractivity contribution in [1.29, 1.82) is 5.26 Å². The molecule has 0 N–H and O–H groups in total. The van der Waals surface area contributed by atoms with Gasteiger partial charge in [0.05, 0.1) is 33.5 Å². The van der Waals surface area contributed by atoms with Gasteiger partial charge in [0.2, 0.25) is 0 Å². The average molecular weight is 415 g/mol. The predicted octanol–water partition coefficient (Wildman–Crippen LogP) is 3.46. The van der Waals surface area contributed by atoms with Crippen molar-refractivity contribution in [3.63, 3.8) is 0 Å². The summed E-state index contributed by atoms with van der Waals surface area (Å²) in [5.41, 5.74) is 0.131. The van der Waals surface area contributed by atoms with Gasteiger partial charge in [0, 0.05) is 11.1 Å². The number of hydrogen-bond acceptors (Lipinski definition) is 5. The van der Waals surface area contributed by atoms with Gasteiger partial charge in [-0.2, -0.15) is 5.26 Å². The summed E-state index contributed by atoms with van der Waals surface area (Å²) in [4.78, 5) is 0.0443. The van der Waals surface area contributed by atoms with Gasteiger partial charge in [-0.1, -0.05) is 25.1 Å². The van der Waals surface area contributed by atoms with Crippen LogP contribution < -0.4 is 5.46 Å². The smallest absolute Gasteiger partial charge is 0.399 e. The third kappa shape index (κ3) is 3.82. The molecule has 0 amide bonds. The van der Waals surface area contributed by atoms with Crippen LogP contribution >= 0.6 is 0 Å². The van der Waals surface area contributed by atoms with Crippen molar-refractivity contribution >= 4 is 22.4 Å². The first-order chi connectivity index (χ1) is 13.4. The number of hydrogen-bond donors (Lipinski definition) is 0. The first kappa shape index (κ1) is 21.5. The van der Waals surface area contributed by atoms with E-state index in [-0.39, 0.29) is 21.8 Å². The topological polar surface area (TPSA) is 76.4 Å². The van der Waals surface area contributed by atoms with Crippen LogP contribution in [0.4, 0.5) is 4.39 Å². The van der Waals surface area contributed by atoms with E-state index in [1.807, 2.05) is 33.8 Å². The van der Waals surface area contributed by atoms with Crippen LogP contribution in [0.2, 0.25) is 0 Å². The monoisotopic (exact) mass is 415 g/mol. The molecule has 0 atom stereocenters. The van der Waals surface area contributed by atoms with Gasteiger partial charge in [0.25, 0.3) is 0 Å². The number of rotatable bonds is 4. The molecule has 3 rings (SSSR count). The van der Waals surface area contributed by atoms with E-state index in [2.05, 4.69) is 0 Å². The largest absolute Gasteiger partial charge is 0.494 e. The summed E-state index contributed by atoms with van der Waals surface area (Å²) >= 11 is 0. The highest BCUT2D eigenvalue weighted by Gasteiger charge is 2.51. The number of halogens is 1. The minimum Gasteiger partial charge on any atom is -0.399 e. The lowest BCUT2D eigenvalue weighted by atomic mass is 9.77. The quantitative estimate of drug-likeness (QED) is 0.715. The van der Waals surface area contributed by atoms with E-state index >= 15 is 0 Å². The van der Waals surface area contributed by atoms with Crippen LogP contribution in [-0.4, -0.2) is 32.5 Å². The van der Waals surface area contributed by atoms with Gasteiger partial charge in [0.15, 0.2) is 9.84 Å². The molecule has 1 saturated heterocycles. The van der Waals surface area contributed by atoms with E-state index in [0.717, 1.165) is 0 Å². The standard InChI is InChI=1S/C21H23BFNO4S/c1-6-29(25,26)16-8-9-17(14(11-16)13-24)18-12-15(7-10-19(18)23)22-27-20(2,3)21(4,5)28-22/h7-12H,6H2,1-5H3. The Morgan fingerprint density at radius 2 is 1.66 bits per heavy atom. The summed E-state index contributed by atoms with van der Waals surface area (Å²) in [5, 5.41) is 9.53. The Labute approximate surface area is 171 Å². The maximum absolute atomic E-state index is 14.7. The van der Waals surface area contributed by atoms with Gasteiger partial charge in [-0.3, -0.25) is 0 Å². The van der Waals surface area contributed by atoms with E-state index in [1.54, 1.807) is 12.1 Å². The van der Waals surface area contributed by atoms with Crippen LogP contribution in [0, 0.1) is 17.1 Å². The summed E-state index contributed by atoms with van der Waals surface area (Å²) in [6, 6.07) is 10.6. The molecule has 152 valence electrons. The maximum atomic E-state index is 14.7. The number of benzene rings is 2. The van der Waals surface area contributed by atoms with Crippen molar-refractivity contribution in [3.8, 4) is 17.2 Å². The minimum atomic E-state index is -3.47. The molecule has 2 aromatic rings. The van der Waals surface area contributed by atoms with E-state index < -0.39 is 34.0 Å². The lowest BCUT2D eigenvalue weighted by Gasteiger charge is -2.32. The molecule has 1 aliphatic heterocycles. The van der Waals surface area contributed by atoms with Crippen molar-refractivity contribution in [2.75, 3.05) is 5.75 Å². The summed E-state index contributed by atoms with van der Waals surface area (Å²) < 4.78 is 50.9. The molecule has 8 heteroatoms. The molecule has 0 unspecified atom stereocenters. The van der Waals surface area contributed by atoms with Crippen LogP contribution in [0.15, 0.2) is 41.3 Å². The SMILES string of the molecule is CCS(=O)(=O)c1ccc(-c2cc(B3OC(C)(C)C(C)(C)O3)ccc2F)c(C#N)c1. The second-order valence-electron chi connectivity index (χ2n) is 8.05. The van der Waals surface area contributed by atoms with Gasteiger partial charge in [-0.15, -0.1) is 0 Å². The number of sulfone groups is 1. The molecule has 1 heterocycles. The fourth-order valence-electron chi connectivity index (χ4n) is 3.09. The van der Waals surface area contributed by atoms with E-state index in [1.165, 1.54) is 31.2 Å². The van der Waals surface area contributed by atoms with Crippen molar-refractivity contribution in [2.45, 2.75) is 50.7 Å². The van der Waals surface area contributed by atoms with Crippen LogP contribution in [0.5, 0.6) is 0 Å². The predicted molar refractivity (Wildman–Crippen MR) is 110 cm³/mol. The lowest BCUT2D eigenvalue weighted by Crippen LogP contribution is -2.41. The molecule has 0 saturated carbocycles. The van der Waals surface area contributed by atoms with Crippen LogP contribution in [0.25, 0.3) is 11.1 Å². The summed E-state index contributed by atoms with van der Waals surface area (Å²) in [7, 11) is -4.15. The Balaban J connectivity index is 2.07. The van der Waals surface area contributed by atoms with E-state index in [9.17, 15) is 18.1 Å². The molecule has 0 bridgehead atoms. The zero-order valence-corrected chi connectivity index (χ0v) is 17.9. The summed E-state index contributed by atoms with van der Waals surface area (Å²) in [6.07, 6.45) is 0. The summed E-state index contributed by atoms with van der Waals surface area (Å²) in [6.45, 7) is 9.25. The second-order valence-corrected chi connectivity index (χ2v) is 10.3. The molecule has 5 nitrogen and oxygen atoms in total. The molecule has 1 fully saturated rings. The average Bonchev–Trinajstić information content (AvgIpc) is 2.89. The van der Waals surface area contributed by atoms with Gasteiger partial charge >= 0.3 is 7.12 Å². The fourth-order valence-corrected chi connectivity index (χ4v) is 3.99. The van der Waals surface area contributed by atoms with Crippen molar-refractivity contribution in [2.24, 2.45) is 0 Å².